The second-order valence-electron chi connectivity index (χ2n) is 2.13. The molecular formula is C3H3N3O8. The molecular weight excluding hydrogens is 206 g/mol. The van der Waals surface area contributed by atoms with E-state index in [2.05, 4.69) is 0 Å². The molecule has 0 amide bonds. The number of aliphatic carboxylic acids is 1. The highest BCUT2D eigenvalue weighted by Crippen LogP contribution is 2.11. The molecule has 0 rings (SSSR count). The molecule has 0 atom stereocenters. The second kappa shape index (κ2) is 3.59. The zero-order chi connectivity index (χ0) is 11.5. The van der Waals surface area contributed by atoms with Gasteiger partial charge < -0.3 is 5.11 Å². The molecule has 0 saturated heterocycles. The van der Waals surface area contributed by atoms with Crippen LogP contribution in [0.3, 0.4) is 0 Å². The number of rotatable bonds is 5. The van der Waals surface area contributed by atoms with Crippen LogP contribution >= 0.6 is 0 Å². The summed E-state index contributed by atoms with van der Waals surface area (Å²) in [4.78, 5) is 35.3. The van der Waals surface area contributed by atoms with Gasteiger partial charge in [-0.25, -0.2) is 4.79 Å². The van der Waals surface area contributed by atoms with E-state index >= 15 is 0 Å². The van der Waals surface area contributed by atoms with Gasteiger partial charge in [-0.1, -0.05) is 0 Å². The van der Waals surface area contributed by atoms with Crippen molar-refractivity contribution in [2.75, 3.05) is 6.54 Å². The maximum Gasteiger partial charge on any atom is 0.615 e. The zero-order valence-corrected chi connectivity index (χ0v) is 6.35. The topological polar surface area (TPSA) is 167 Å². The monoisotopic (exact) mass is 209 g/mol. The van der Waals surface area contributed by atoms with Gasteiger partial charge in [0.05, 0.1) is 0 Å². The first kappa shape index (κ1) is 11.7. The van der Waals surface area contributed by atoms with Crippen molar-refractivity contribution >= 4 is 5.97 Å². The van der Waals surface area contributed by atoms with Crippen LogP contribution in [-0.2, 0) is 4.79 Å². The van der Waals surface area contributed by atoms with Crippen molar-refractivity contribution < 1.29 is 24.7 Å². The van der Waals surface area contributed by atoms with E-state index in [-0.39, 0.29) is 0 Å². The molecule has 11 nitrogen and oxygen atoms in total. The largest absolute Gasteiger partial charge is 0.615 e. The Kier molecular flexibility index (Phi) is 2.99. The fourth-order valence-corrected chi connectivity index (χ4v) is 0.586. The third-order valence-electron chi connectivity index (χ3n) is 1.30. The molecule has 1 N–H and O–H groups in total. The summed E-state index contributed by atoms with van der Waals surface area (Å²) in [7, 11) is 0. The highest BCUT2D eigenvalue weighted by Gasteiger charge is 2.70. The fourth-order valence-electron chi connectivity index (χ4n) is 0.586. The van der Waals surface area contributed by atoms with Gasteiger partial charge in [0.2, 0.25) is 0 Å². The number of nitro groups is 3. The summed E-state index contributed by atoms with van der Waals surface area (Å²) in [6, 6.07) is 0. The summed E-state index contributed by atoms with van der Waals surface area (Å²) in [5.74, 6) is -2.48. The van der Waals surface area contributed by atoms with E-state index in [4.69, 9.17) is 5.11 Å². The number of hydrogen-bond donors (Lipinski definition) is 1. The van der Waals surface area contributed by atoms with Gasteiger partial charge in [-0.15, -0.1) is 0 Å². The fraction of sp³-hybridized carbons (Fsp3) is 0.667. The molecule has 0 bridgehead atoms. The van der Waals surface area contributed by atoms with Gasteiger partial charge >= 0.3 is 18.2 Å². The molecule has 0 aliphatic rings. The first-order chi connectivity index (χ1) is 6.25. The Bertz CT molecular complexity index is 273. The maximum absolute atomic E-state index is 10.3. The lowest BCUT2D eigenvalue weighted by Crippen LogP contribution is -2.58. The Morgan fingerprint density at radius 3 is 1.57 bits per heavy atom. The van der Waals surface area contributed by atoms with E-state index in [0.29, 0.717) is 0 Å². The van der Waals surface area contributed by atoms with E-state index in [1.807, 2.05) is 0 Å². The van der Waals surface area contributed by atoms with Crippen LogP contribution < -0.4 is 0 Å². The van der Waals surface area contributed by atoms with E-state index < -0.39 is 32.9 Å². The molecule has 0 aromatic carbocycles. The van der Waals surface area contributed by atoms with Crippen molar-refractivity contribution in [1.82, 2.24) is 0 Å². The van der Waals surface area contributed by atoms with E-state index in [0.717, 1.165) is 0 Å². The van der Waals surface area contributed by atoms with Crippen LogP contribution in [0.15, 0.2) is 0 Å². The van der Waals surface area contributed by atoms with Crippen molar-refractivity contribution in [2.45, 2.75) is 5.66 Å². The summed E-state index contributed by atoms with van der Waals surface area (Å²) < 4.78 is 0. The summed E-state index contributed by atoms with van der Waals surface area (Å²) in [6.45, 7) is -1.91. The van der Waals surface area contributed by atoms with Gasteiger partial charge in [-0.05, 0) is 0 Å². The van der Waals surface area contributed by atoms with E-state index in [9.17, 15) is 35.1 Å². The van der Waals surface area contributed by atoms with Crippen LogP contribution in [0, 0.1) is 30.3 Å². The first-order valence-electron chi connectivity index (χ1n) is 2.89. The molecule has 0 aliphatic heterocycles. The molecule has 0 radical (unpaired) electrons. The second-order valence-corrected chi connectivity index (χ2v) is 2.13. The standard InChI is InChI=1S/C3H3N3O8/c7-2(8)3(5(11)12,6(13)14)1-4(9)10/h1H2,(H,7,8). The minimum atomic E-state index is -3.82. The molecule has 11 heteroatoms. The molecule has 0 unspecified atom stereocenters. The number of carboxylic acids is 1. The zero-order valence-electron chi connectivity index (χ0n) is 6.35. The molecule has 0 aliphatic carbocycles. The van der Waals surface area contributed by atoms with Gasteiger partial charge in [0, 0.05) is 4.92 Å². The SMILES string of the molecule is O=C(O)C(C[N+](=O)[O-])([N+](=O)[O-])[N+](=O)[O-]. The molecule has 0 heterocycles. The lowest BCUT2D eigenvalue weighted by molar-refractivity contribution is -0.801. The molecule has 14 heavy (non-hydrogen) atoms. The maximum atomic E-state index is 10.3. The van der Waals surface area contributed by atoms with Crippen molar-refractivity contribution in [1.29, 1.82) is 0 Å². The summed E-state index contributed by atoms with van der Waals surface area (Å²) in [5, 5.41) is 38.3. The number of carboxylic acid groups (broad SMARTS) is 1. The van der Waals surface area contributed by atoms with Crippen LogP contribution in [0.2, 0.25) is 0 Å². The highest BCUT2D eigenvalue weighted by atomic mass is 16.7. The van der Waals surface area contributed by atoms with Crippen LogP contribution in [0.25, 0.3) is 0 Å². The molecule has 0 aromatic heterocycles. The number of nitrogens with zero attached hydrogens (tertiary/aromatic N) is 3. The van der Waals surface area contributed by atoms with Crippen molar-refractivity contribution in [3.63, 3.8) is 0 Å². The van der Waals surface area contributed by atoms with Gasteiger partial charge in [0.1, 0.15) is 9.85 Å². The van der Waals surface area contributed by atoms with E-state index in [1.54, 1.807) is 0 Å². The number of carbonyl (C=O) groups is 1. The predicted octanol–water partition coefficient (Wildman–Crippen LogP) is -1.40. The Labute approximate surface area is 74.4 Å². The molecule has 0 spiro atoms. The minimum absolute atomic E-state index is 1.43. The minimum Gasteiger partial charge on any atom is -0.470 e. The third kappa shape index (κ3) is 1.70. The third-order valence-corrected chi connectivity index (χ3v) is 1.30. The van der Waals surface area contributed by atoms with Crippen LogP contribution in [-0.4, -0.2) is 38.1 Å². The van der Waals surface area contributed by atoms with Crippen LogP contribution in [0.4, 0.5) is 0 Å². The Hall–Kier alpha value is -2.33. The summed E-state index contributed by atoms with van der Waals surface area (Å²) in [5.41, 5.74) is -3.82. The van der Waals surface area contributed by atoms with Gasteiger partial charge in [0.15, 0.2) is 0 Å². The molecule has 0 fully saturated rings. The average Bonchev–Trinajstić information content (AvgIpc) is 1.97. The smallest absolute Gasteiger partial charge is 0.470 e. The normalized spacial score (nSPS) is 10.6. The lowest BCUT2D eigenvalue weighted by Gasteiger charge is -2.07. The summed E-state index contributed by atoms with van der Waals surface area (Å²) >= 11 is 0. The number of hydrogen-bond acceptors (Lipinski definition) is 7. The first-order valence-corrected chi connectivity index (χ1v) is 2.89. The molecule has 78 valence electrons. The predicted molar refractivity (Wildman–Crippen MR) is 36.2 cm³/mol. The van der Waals surface area contributed by atoms with Crippen molar-refractivity contribution in [3.05, 3.63) is 30.3 Å². The van der Waals surface area contributed by atoms with Crippen molar-refractivity contribution in [2.24, 2.45) is 0 Å². The Morgan fingerprint density at radius 1 is 1.14 bits per heavy atom. The Balaban J connectivity index is 5.38. The lowest BCUT2D eigenvalue weighted by atomic mass is 10.2. The van der Waals surface area contributed by atoms with Crippen LogP contribution in [0.1, 0.15) is 0 Å². The quantitative estimate of drug-likeness (QED) is 0.327. The molecule has 0 aromatic rings. The van der Waals surface area contributed by atoms with Gasteiger partial charge in [-0.2, -0.15) is 0 Å². The highest BCUT2D eigenvalue weighted by molar-refractivity contribution is 5.75. The van der Waals surface area contributed by atoms with Crippen LogP contribution in [0.5, 0.6) is 0 Å². The van der Waals surface area contributed by atoms with Gasteiger partial charge in [-0.3, -0.25) is 30.3 Å². The average molecular weight is 209 g/mol. The van der Waals surface area contributed by atoms with Gasteiger partial charge in [0.25, 0.3) is 0 Å². The molecule has 0 saturated carbocycles. The Morgan fingerprint density at radius 2 is 1.50 bits per heavy atom. The summed E-state index contributed by atoms with van der Waals surface area (Å²) in [6.07, 6.45) is 0. The van der Waals surface area contributed by atoms with E-state index in [1.165, 1.54) is 0 Å². The van der Waals surface area contributed by atoms with Crippen molar-refractivity contribution in [3.8, 4) is 0 Å².